The van der Waals surface area contributed by atoms with Crippen molar-refractivity contribution >= 4 is 5.91 Å². The number of hydrogen-bond donors (Lipinski definition) is 2. The van der Waals surface area contributed by atoms with Crippen LogP contribution in [0.25, 0.3) is 0 Å². The molecule has 2 bridgehead atoms. The minimum absolute atomic E-state index is 0.0156. The number of hydrogen-bond acceptors (Lipinski definition) is 2. The predicted molar refractivity (Wildman–Crippen MR) is 60.2 cm³/mol. The van der Waals surface area contributed by atoms with Crippen LogP contribution in [0.1, 0.15) is 39.0 Å². The first kappa shape index (κ1) is 10.9. The van der Waals surface area contributed by atoms with Crippen LogP contribution in [-0.2, 0) is 4.79 Å². The van der Waals surface area contributed by atoms with Crippen LogP contribution >= 0.6 is 0 Å². The first-order valence-corrected chi connectivity index (χ1v) is 6.20. The molecular formula is C12H22N2O. The van der Waals surface area contributed by atoms with E-state index >= 15 is 0 Å². The van der Waals surface area contributed by atoms with Crippen molar-refractivity contribution < 1.29 is 4.79 Å². The van der Waals surface area contributed by atoms with Gasteiger partial charge in [-0.2, -0.15) is 0 Å². The van der Waals surface area contributed by atoms with Gasteiger partial charge in [-0.25, -0.2) is 0 Å². The molecule has 86 valence electrons. The molecule has 0 heterocycles. The van der Waals surface area contributed by atoms with E-state index < -0.39 is 0 Å². The quantitative estimate of drug-likeness (QED) is 0.734. The first-order chi connectivity index (χ1) is 7.16. The fourth-order valence-electron chi connectivity index (χ4n) is 3.27. The molecule has 0 aromatic heterocycles. The Balaban J connectivity index is 1.65. The van der Waals surface area contributed by atoms with E-state index in [9.17, 15) is 4.79 Å². The van der Waals surface area contributed by atoms with Crippen molar-refractivity contribution in [1.82, 2.24) is 5.32 Å². The van der Waals surface area contributed by atoms with Gasteiger partial charge in [0.05, 0.1) is 6.04 Å². The summed E-state index contributed by atoms with van der Waals surface area (Å²) in [5, 5.41) is 2.90. The van der Waals surface area contributed by atoms with Gasteiger partial charge in [0.25, 0.3) is 0 Å². The molecule has 0 spiro atoms. The molecule has 4 atom stereocenters. The van der Waals surface area contributed by atoms with Crippen LogP contribution in [0.2, 0.25) is 0 Å². The second kappa shape index (κ2) is 4.52. The van der Waals surface area contributed by atoms with Gasteiger partial charge >= 0.3 is 0 Å². The minimum atomic E-state index is -0.370. The lowest BCUT2D eigenvalue weighted by Crippen LogP contribution is -2.39. The maximum Gasteiger partial charge on any atom is 0.236 e. The monoisotopic (exact) mass is 210 g/mol. The average molecular weight is 210 g/mol. The number of nitrogens with one attached hydrogen (secondary N) is 1. The third-order valence-corrected chi connectivity index (χ3v) is 4.11. The molecule has 2 rings (SSSR count). The zero-order valence-electron chi connectivity index (χ0n) is 9.54. The molecule has 2 aliphatic rings. The van der Waals surface area contributed by atoms with Crippen molar-refractivity contribution in [2.45, 2.75) is 45.1 Å². The summed E-state index contributed by atoms with van der Waals surface area (Å²) in [5.74, 6) is 2.82. The molecule has 3 N–H and O–H groups in total. The van der Waals surface area contributed by atoms with E-state index in [1.165, 1.54) is 25.7 Å². The third-order valence-electron chi connectivity index (χ3n) is 4.11. The topological polar surface area (TPSA) is 55.1 Å². The average Bonchev–Trinajstić information content (AvgIpc) is 2.78. The fraction of sp³-hybridized carbons (Fsp3) is 0.917. The molecule has 2 fully saturated rings. The van der Waals surface area contributed by atoms with Crippen LogP contribution in [0.4, 0.5) is 0 Å². The molecular weight excluding hydrogens is 188 g/mol. The fourth-order valence-corrected chi connectivity index (χ4v) is 3.27. The summed E-state index contributed by atoms with van der Waals surface area (Å²) in [7, 11) is 0. The number of carbonyl (C=O) groups is 1. The van der Waals surface area contributed by atoms with E-state index in [1.54, 1.807) is 6.92 Å². The lowest BCUT2D eigenvalue weighted by molar-refractivity contribution is -0.122. The van der Waals surface area contributed by atoms with Crippen LogP contribution in [0.3, 0.4) is 0 Å². The Hall–Kier alpha value is -0.570. The molecule has 4 unspecified atom stereocenters. The molecule has 0 aromatic carbocycles. The largest absolute Gasteiger partial charge is 0.355 e. The van der Waals surface area contributed by atoms with Crippen molar-refractivity contribution in [1.29, 1.82) is 0 Å². The van der Waals surface area contributed by atoms with Gasteiger partial charge in [0.1, 0.15) is 0 Å². The Kier molecular flexibility index (Phi) is 3.29. The van der Waals surface area contributed by atoms with E-state index in [-0.39, 0.29) is 11.9 Å². The van der Waals surface area contributed by atoms with Crippen molar-refractivity contribution in [3.05, 3.63) is 0 Å². The summed E-state index contributed by atoms with van der Waals surface area (Å²) in [6, 6.07) is -0.370. The van der Waals surface area contributed by atoms with Crippen LogP contribution in [0.15, 0.2) is 0 Å². The highest BCUT2D eigenvalue weighted by molar-refractivity contribution is 5.80. The summed E-state index contributed by atoms with van der Waals surface area (Å²) in [5.41, 5.74) is 5.48. The van der Waals surface area contributed by atoms with Gasteiger partial charge in [0.2, 0.25) is 5.91 Å². The highest BCUT2D eigenvalue weighted by atomic mass is 16.2. The minimum Gasteiger partial charge on any atom is -0.355 e. The lowest BCUT2D eigenvalue weighted by atomic mass is 9.86. The van der Waals surface area contributed by atoms with E-state index in [0.29, 0.717) is 0 Å². The van der Waals surface area contributed by atoms with Gasteiger partial charge in [-0.1, -0.05) is 6.42 Å². The lowest BCUT2D eigenvalue weighted by Gasteiger charge is -2.21. The van der Waals surface area contributed by atoms with Gasteiger partial charge in [0, 0.05) is 6.54 Å². The maximum absolute atomic E-state index is 11.2. The van der Waals surface area contributed by atoms with Crippen molar-refractivity contribution in [3.8, 4) is 0 Å². The highest BCUT2D eigenvalue weighted by Crippen LogP contribution is 2.49. The van der Waals surface area contributed by atoms with Gasteiger partial charge in [-0.15, -0.1) is 0 Å². The maximum atomic E-state index is 11.2. The molecule has 0 saturated heterocycles. The molecule has 0 radical (unpaired) electrons. The summed E-state index contributed by atoms with van der Waals surface area (Å²) < 4.78 is 0. The number of nitrogens with two attached hydrogens (primary N) is 1. The van der Waals surface area contributed by atoms with E-state index in [2.05, 4.69) is 5.32 Å². The zero-order valence-corrected chi connectivity index (χ0v) is 9.54. The van der Waals surface area contributed by atoms with Crippen LogP contribution < -0.4 is 11.1 Å². The SMILES string of the molecule is CC(N)C(=O)NCCC1CC2CCC1C2. The van der Waals surface area contributed by atoms with E-state index in [0.717, 1.165) is 30.7 Å². The zero-order chi connectivity index (χ0) is 10.8. The Bertz CT molecular complexity index is 240. The summed E-state index contributed by atoms with van der Waals surface area (Å²) >= 11 is 0. The second-order valence-corrected chi connectivity index (χ2v) is 5.30. The number of carbonyl (C=O) groups excluding carboxylic acids is 1. The highest BCUT2D eigenvalue weighted by Gasteiger charge is 2.38. The molecule has 0 aromatic rings. The molecule has 1 amide bonds. The van der Waals surface area contributed by atoms with E-state index in [4.69, 9.17) is 5.73 Å². The predicted octanol–water partition coefficient (Wildman–Crippen LogP) is 1.28. The molecule has 0 aliphatic heterocycles. The first-order valence-electron chi connectivity index (χ1n) is 6.20. The smallest absolute Gasteiger partial charge is 0.236 e. The standard InChI is InChI=1S/C12H22N2O/c1-8(13)12(15)14-5-4-11-7-9-2-3-10(11)6-9/h8-11H,2-7,13H2,1H3,(H,14,15). The molecule has 2 saturated carbocycles. The van der Waals surface area contributed by atoms with E-state index in [1.807, 2.05) is 0 Å². The van der Waals surface area contributed by atoms with Crippen LogP contribution in [0, 0.1) is 17.8 Å². The Morgan fingerprint density at radius 2 is 2.27 bits per heavy atom. The number of rotatable bonds is 4. The van der Waals surface area contributed by atoms with Crippen molar-refractivity contribution in [3.63, 3.8) is 0 Å². The molecule has 3 nitrogen and oxygen atoms in total. The molecule has 3 heteroatoms. The summed E-state index contributed by atoms with van der Waals surface area (Å²) in [4.78, 5) is 11.2. The molecule has 2 aliphatic carbocycles. The van der Waals surface area contributed by atoms with Gasteiger partial charge < -0.3 is 11.1 Å². The van der Waals surface area contributed by atoms with Gasteiger partial charge in [-0.3, -0.25) is 4.79 Å². The Labute approximate surface area is 91.8 Å². The van der Waals surface area contributed by atoms with Crippen LogP contribution in [0.5, 0.6) is 0 Å². The van der Waals surface area contributed by atoms with Crippen molar-refractivity contribution in [2.24, 2.45) is 23.5 Å². The van der Waals surface area contributed by atoms with Crippen molar-refractivity contribution in [2.75, 3.05) is 6.54 Å². The third kappa shape index (κ3) is 2.51. The Morgan fingerprint density at radius 1 is 1.47 bits per heavy atom. The summed E-state index contributed by atoms with van der Waals surface area (Å²) in [6.45, 7) is 2.54. The normalized spacial score (nSPS) is 35.5. The second-order valence-electron chi connectivity index (χ2n) is 5.30. The number of amides is 1. The van der Waals surface area contributed by atoms with Gasteiger partial charge in [-0.05, 0) is 50.4 Å². The van der Waals surface area contributed by atoms with Crippen LogP contribution in [-0.4, -0.2) is 18.5 Å². The van der Waals surface area contributed by atoms with Gasteiger partial charge in [0.15, 0.2) is 0 Å². The molecule has 15 heavy (non-hydrogen) atoms. The Morgan fingerprint density at radius 3 is 2.80 bits per heavy atom. The number of fused-ring (bicyclic) bond motifs is 2. The summed E-state index contributed by atoms with van der Waals surface area (Å²) in [6.07, 6.45) is 6.88.